The van der Waals surface area contributed by atoms with Gasteiger partial charge in [0.1, 0.15) is 11.5 Å². The number of carbonyl (C=O) groups is 1. The average Bonchev–Trinajstić information content (AvgIpc) is 2.52. The average molecular weight is 314 g/mol. The Balaban J connectivity index is 2.16. The second kappa shape index (κ2) is 7.24. The number of aliphatic hydroxyl groups is 1. The Kier molecular flexibility index (Phi) is 5.34. The second-order valence-corrected chi connectivity index (χ2v) is 5.94. The van der Waals surface area contributed by atoms with Crippen LogP contribution in [0.25, 0.3) is 0 Å². The predicted molar refractivity (Wildman–Crippen MR) is 88.6 cm³/mol. The van der Waals surface area contributed by atoms with Gasteiger partial charge in [0.05, 0.1) is 5.60 Å². The molecule has 23 heavy (non-hydrogen) atoms. The number of carbonyl (C=O) groups excluding carboxylic acids is 1. The number of pyridine rings is 1. The molecule has 2 aromatic rings. The van der Waals surface area contributed by atoms with E-state index in [2.05, 4.69) is 4.98 Å². The van der Waals surface area contributed by atoms with Crippen molar-refractivity contribution in [1.82, 2.24) is 9.88 Å². The standard InChI is InChI=1S/C18H22N2O3/c1-4-20(13-18(2,3)22)17(21)14-6-5-7-16(12-14)23-15-8-10-19-11-9-15/h5-12,22H,4,13H2,1-3H3. The Labute approximate surface area is 136 Å². The molecule has 0 aliphatic carbocycles. The number of hydrogen-bond donors (Lipinski definition) is 1. The number of benzene rings is 1. The molecule has 0 radical (unpaired) electrons. The summed E-state index contributed by atoms with van der Waals surface area (Å²) in [4.78, 5) is 18.2. The molecule has 0 unspecified atom stereocenters. The van der Waals surface area contributed by atoms with Gasteiger partial charge in [-0.15, -0.1) is 0 Å². The topological polar surface area (TPSA) is 62.7 Å². The Morgan fingerprint density at radius 3 is 2.52 bits per heavy atom. The van der Waals surface area contributed by atoms with Gasteiger partial charge in [-0.1, -0.05) is 6.07 Å². The van der Waals surface area contributed by atoms with Crippen LogP contribution in [-0.2, 0) is 0 Å². The van der Waals surface area contributed by atoms with Crippen molar-refractivity contribution in [3.63, 3.8) is 0 Å². The van der Waals surface area contributed by atoms with Crippen molar-refractivity contribution in [3.05, 3.63) is 54.4 Å². The Hall–Kier alpha value is -2.40. The summed E-state index contributed by atoms with van der Waals surface area (Å²) in [6.07, 6.45) is 3.29. The van der Waals surface area contributed by atoms with E-state index < -0.39 is 5.60 Å². The minimum atomic E-state index is -0.934. The van der Waals surface area contributed by atoms with Gasteiger partial charge in [0.25, 0.3) is 5.91 Å². The monoisotopic (exact) mass is 314 g/mol. The van der Waals surface area contributed by atoms with Crippen molar-refractivity contribution in [3.8, 4) is 11.5 Å². The molecule has 0 saturated carbocycles. The minimum absolute atomic E-state index is 0.130. The van der Waals surface area contributed by atoms with E-state index in [-0.39, 0.29) is 12.5 Å². The van der Waals surface area contributed by atoms with Crippen molar-refractivity contribution in [2.75, 3.05) is 13.1 Å². The van der Waals surface area contributed by atoms with Crippen LogP contribution in [0.4, 0.5) is 0 Å². The number of aromatic nitrogens is 1. The summed E-state index contributed by atoms with van der Waals surface area (Å²) >= 11 is 0. The van der Waals surface area contributed by atoms with Crippen molar-refractivity contribution >= 4 is 5.91 Å². The van der Waals surface area contributed by atoms with Crippen LogP contribution in [0.2, 0.25) is 0 Å². The third kappa shape index (κ3) is 5.07. The number of likely N-dealkylation sites (N-methyl/N-ethyl adjacent to an activating group) is 1. The smallest absolute Gasteiger partial charge is 0.254 e. The van der Waals surface area contributed by atoms with Gasteiger partial charge < -0.3 is 14.7 Å². The van der Waals surface area contributed by atoms with Crippen LogP contribution >= 0.6 is 0 Å². The molecule has 122 valence electrons. The lowest BCUT2D eigenvalue weighted by Gasteiger charge is -2.28. The molecule has 2 rings (SSSR count). The lowest BCUT2D eigenvalue weighted by Crippen LogP contribution is -2.42. The molecule has 0 bridgehead atoms. The maximum absolute atomic E-state index is 12.6. The number of amides is 1. The van der Waals surface area contributed by atoms with Crippen LogP contribution in [0.5, 0.6) is 11.5 Å². The lowest BCUT2D eigenvalue weighted by atomic mass is 10.1. The molecular weight excluding hydrogens is 292 g/mol. The molecule has 0 aliphatic rings. The number of rotatable bonds is 6. The molecule has 0 atom stereocenters. The first-order chi connectivity index (χ1) is 10.9. The second-order valence-electron chi connectivity index (χ2n) is 5.94. The van der Waals surface area contributed by atoms with Crippen LogP contribution in [0.15, 0.2) is 48.8 Å². The van der Waals surface area contributed by atoms with Gasteiger partial charge in [0.2, 0.25) is 0 Å². The van der Waals surface area contributed by atoms with Crippen LogP contribution < -0.4 is 4.74 Å². The minimum Gasteiger partial charge on any atom is -0.457 e. The molecule has 1 heterocycles. The normalized spacial score (nSPS) is 11.1. The largest absolute Gasteiger partial charge is 0.457 e. The summed E-state index contributed by atoms with van der Waals surface area (Å²) in [5.74, 6) is 1.12. The maximum Gasteiger partial charge on any atom is 0.254 e. The highest BCUT2D eigenvalue weighted by Crippen LogP contribution is 2.22. The Bertz CT molecular complexity index is 651. The first-order valence-corrected chi connectivity index (χ1v) is 7.58. The Morgan fingerprint density at radius 2 is 1.91 bits per heavy atom. The molecular formula is C18H22N2O3. The lowest BCUT2D eigenvalue weighted by molar-refractivity contribution is 0.0314. The highest BCUT2D eigenvalue weighted by molar-refractivity contribution is 5.94. The molecule has 1 aromatic carbocycles. The fourth-order valence-corrected chi connectivity index (χ4v) is 2.21. The SMILES string of the molecule is CCN(CC(C)(C)O)C(=O)c1cccc(Oc2ccncc2)c1. The zero-order chi connectivity index (χ0) is 16.9. The predicted octanol–water partition coefficient (Wildman–Crippen LogP) is 3.11. The van der Waals surface area contributed by atoms with Gasteiger partial charge in [-0.05, 0) is 51.1 Å². The van der Waals surface area contributed by atoms with Gasteiger partial charge in [-0.2, -0.15) is 0 Å². The van der Waals surface area contributed by atoms with Gasteiger partial charge in [0.15, 0.2) is 0 Å². The summed E-state index contributed by atoms with van der Waals surface area (Å²) in [5.41, 5.74) is -0.403. The summed E-state index contributed by atoms with van der Waals surface area (Å²) in [7, 11) is 0. The quantitative estimate of drug-likeness (QED) is 0.890. The molecule has 0 fully saturated rings. The number of hydrogen-bond acceptors (Lipinski definition) is 4. The van der Waals surface area contributed by atoms with E-state index in [0.717, 1.165) is 0 Å². The zero-order valence-electron chi connectivity index (χ0n) is 13.7. The summed E-state index contributed by atoms with van der Waals surface area (Å²) in [5, 5.41) is 9.94. The van der Waals surface area contributed by atoms with Gasteiger partial charge in [0, 0.05) is 31.0 Å². The van der Waals surface area contributed by atoms with E-state index in [9.17, 15) is 9.90 Å². The molecule has 1 aromatic heterocycles. The van der Waals surface area contributed by atoms with E-state index >= 15 is 0 Å². The summed E-state index contributed by atoms with van der Waals surface area (Å²) in [6.45, 7) is 6.06. The highest BCUT2D eigenvalue weighted by atomic mass is 16.5. The van der Waals surface area contributed by atoms with Crippen LogP contribution in [0, 0.1) is 0 Å². The molecule has 5 nitrogen and oxygen atoms in total. The number of nitrogens with zero attached hydrogens (tertiary/aromatic N) is 2. The van der Waals surface area contributed by atoms with Gasteiger partial charge in [-0.3, -0.25) is 9.78 Å². The fraction of sp³-hybridized carbons (Fsp3) is 0.333. The molecule has 5 heteroatoms. The first-order valence-electron chi connectivity index (χ1n) is 7.58. The molecule has 1 N–H and O–H groups in total. The zero-order valence-corrected chi connectivity index (χ0v) is 13.7. The molecule has 0 spiro atoms. The van der Waals surface area contributed by atoms with E-state index in [1.54, 1.807) is 67.5 Å². The third-order valence-electron chi connectivity index (χ3n) is 3.21. The van der Waals surface area contributed by atoms with Crippen LogP contribution in [0.1, 0.15) is 31.1 Å². The third-order valence-corrected chi connectivity index (χ3v) is 3.21. The number of ether oxygens (including phenoxy) is 1. The first kappa shape index (κ1) is 17.0. The van der Waals surface area contributed by atoms with Crippen molar-refractivity contribution < 1.29 is 14.6 Å². The van der Waals surface area contributed by atoms with Crippen LogP contribution in [0.3, 0.4) is 0 Å². The van der Waals surface area contributed by atoms with E-state index in [0.29, 0.717) is 23.6 Å². The van der Waals surface area contributed by atoms with Gasteiger partial charge >= 0.3 is 0 Å². The van der Waals surface area contributed by atoms with E-state index in [1.165, 1.54) is 0 Å². The maximum atomic E-state index is 12.6. The van der Waals surface area contributed by atoms with Crippen LogP contribution in [-0.4, -0.2) is 39.6 Å². The highest BCUT2D eigenvalue weighted by Gasteiger charge is 2.22. The van der Waals surface area contributed by atoms with Crippen molar-refractivity contribution in [2.45, 2.75) is 26.4 Å². The van der Waals surface area contributed by atoms with E-state index in [1.807, 2.05) is 6.92 Å². The molecule has 0 aliphatic heterocycles. The van der Waals surface area contributed by atoms with Crippen molar-refractivity contribution in [2.24, 2.45) is 0 Å². The van der Waals surface area contributed by atoms with E-state index in [4.69, 9.17) is 4.74 Å². The Morgan fingerprint density at radius 1 is 1.22 bits per heavy atom. The molecule has 1 amide bonds. The fourth-order valence-electron chi connectivity index (χ4n) is 2.21. The summed E-state index contributed by atoms with van der Waals surface area (Å²) in [6, 6.07) is 10.5. The molecule has 0 saturated heterocycles. The summed E-state index contributed by atoms with van der Waals surface area (Å²) < 4.78 is 5.72. The van der Waals surface area contributed by atoms with Crippen molar-refractivity contribution in [1.29, 1.82) is 0 Å². The van der Waals surface area contributed by atoms with Gasteiger partial charge in [-0.25, -0.2) is 0 Å².